The lowest BCUT2D eigenvalue weighted by Crippen LogP contribution is -2.05. The van der Waals surface area contributed by atoms with E-state index < -0.39 is 11.9 Å². The van der Waals surface area contributed by atoms with Crippen LogP contribution in [0.1, 0.15) is 29.8 Å². The maximum Gasteiger partial charge on any atom is 0.149 e. The number of aryl methyl sites for hydroxylation is 2. The monoisotopic (exact) mass is 346 g/mol. The number of aliphatic hydroxyl groups excluding tert-OH is 1. The standard InChI is InChI=1S/C13H13BrClFN2O/c1-3-10-8(6-18(2)17-10)13(19)7-4-5-9(14)11(15)12(7)16/h4-6,13,19H,3H2,1-2H3. The smallest absolute Gasteiger partial charge is 0.149 e. The zero-order chi connectivity index (χ0) is 14.2. The van der Waals surface area contributed by atoms with Crippen molar-refractivity contribution in [3.8, 4) is 0 Å². The summed E-state index contributed by atoms with van der Waals surface area (Å²) in [4.78, 5) is 0. The number of aromatic nitrogens is 2. The molecule has 6 heteroatoms. The summed E-state index contributed by atoms with van der Waals surface area (Å²) in [6.07, 6.45) is 1.28. The van der Waals surface area contributed by atoms with Crippen LogP contribution in [-0.4, -0.2) is 14.9 Å². The van der Waals surface area contributed by atoms with E-state index in [1.807, 2.05) is 6.92 Å². The molecule has 0 aliphatic carbocycles. The fourth-order valence-corrected chi connectivity index (χ4v) is 2.45. The molecule has 1 N–H and O–H groups in total. The Hall–Kier alpha value is -0.910. The molecule has 1 aromatic heterocycles. The van der Waals surface area contributed by atoms with Crippen molar-refractivity contribution in [3.05, 3.63) is 50.5 Å². The first-order valence-corrected chi connectivity index (χ1v) is 6.96. The molecule has 0 amide bonds. The van der Waals surface area contributed by atoms with Crippen molar-refractivity contribution in [1.82, 2.24) is 9.78 Å². The van der Waals surface area contributed by atoms with E-state index in [0.29, 0.717) is 16.5 Å². The maximum atomic E-state index is 14.1. The van der Waals surface area contributed by atoms with Crippen molar-refractivity contribution < 1.29 is 9.50 Å². The molecule has 1 aromatic carbocycles. The van der Waals surface area contributed by atoms with Gasteiger partial charge in [0.25, 0.3) is 0 Å². The third-order valence-corrected chi connectivity index (χ3v) is 4.19. The second-order valence-corrected chi connectivity index (χ2v) is 5.46. The average molecular weight is 348 g/mol. The molecule has 1 unspecified atom stereocenters. The van der Waals surface area contributed by atoms with Gasteiger partial charge in [0.1, 0.15) is 11.9 Å². The molecule has 0 fully saturated rings. The summed E-state index contributed by atoms with van der Waals surface area (Å²) in [5, 5.41) is 14.6. The number of halogens is 3. The van der Waals surface area contributed by atoms with E-state index in [-0.39, 0.29) is 10.6 Å². The molecule has 0 spiro atoms. The van der Waals surface area contributed by atoms with Gasteiger partial charge in [-0.2, -0.15) is 5.10 Å². The zero-order valence-electron chi connectivity index (χ0n) is 10.5. The zero-order valence-corrected chi connectivity index (χ0v) is 12.8. The Balaban J connectivity index is 2.49. The Labute approximate surface area is 124 Å². The highest BCUT2D eigenvalue weighted by Gasteiger charge is 2.22. The van der Waals surface area contributed by atoms with Crippen LogP contribution in [0.25, 0.3) is 0 Å². The lowest BCUT2D eigenvalue weighted by Gasteiger charge is -2.13. The van der Waals surface area contributed by atoms with Crippen molar-refractivity contribution in [3.63, 3.8) is 0 Å². The Morgan fingerprint density at radius 2 is 2.16 bits per heavy atom. The number of benzene rings is 1. The van der Waals surface area contributed by atoms with Gasteiger partial charge in [0.2, 0.25) is 0 Å². The number of aliphatic hydroxyl groups is 1. The SMILES string of the molecule is CCc1nn(C)cc1C(O)c1ccc(Br)c(Cl)c1F. The number of hydrogen-bond acceptors (Lipinski definition) is 2. The summed E-state index contributed by atoms with van der Waals surface area (Å²) < 4.78 is 16.2. The quantitative estimate of drug-likeness (QED) is 0.861. The minimum Gasteiger partial charge on any atom is -0.383 e. The summed E-state index contributed by atoms with van der Waals surface area (Å²) in [5.41, 5.74) is 1.49. The second-order valence-electron chi connectivity index (χ2n) is 4.23. The van der Waals surface area contributed by atoms with Crippen molar-refractivity contribution >= 4 is 27.5 Å². The fraction of sp³-hybridized carbons (Fsp3) is 0.308. The molecule has 2 rings (SSSR count). The second kappa shape index (κ2) is 5.61. The molecule has 102 valence electrons. The minimum absolute atomic E-state index is 0.0292. The fourth-order valence-electron chi connectivity index (χ4n) is 1.98. The molecule has 0 bridgehead atoms. The van der Waals surface area contributed by atoms with Crippen LogP contribution in [-0.2, 0) is 13.5 Å². The number of hydrogen-bond donors (Lipinski definition) is 1. The van der Waals surface area contributed by atoms with Gasteiger partial charge in [-0.25, -0.2) is 4.39 Å². The molecular weight excluding hydrogens is 335 g/mol. The van der Waals surface area contributed by atoms with Crippen LogP contribution in [0.4, 0.5) is 4.39 Å². The van der Waals surface area contributed by atoms with Gasteiger partial charge in [-0.15, -0.1) is 0 Å². The predicted octanol–water partition coefficient (Wildman–Crippen LogP) is 3.62. The number of rotatable bonds is 3. The highest BCUT2D eigenvalue weighted by Crippen LogP contribution is 2.33. The van der Waals surface area contributed by atoms with Crippen LogP contribution in [0.15, 0.2) is 22.8 Å². The lowest BCUT2D eigenvalue weighted by atomic mass is 10.0. The molecule has 1 atom stereocenters. The summed E-state index contributed by atoms with van der Waals surface area (Å²) in [6.45, 7) is 1.93. The summed E-state index contributed by atoms with van der Waals surface area (Å²) in [5.74, 6) is -0.616. The third kappa shape index (κ3) is 2.68. The van der Waals surface area contributed by atoms with E-state index >= 15 is 0 Å². The van der Waals surface area contributed by atoms with Crippen LogP contribution in [0.2, 0.25) is 5.02 Å². The van der Waals surface area contributed by atoms with Gasteiger partial charge in [0, 0.05) is 28.8 Å². The summed E-state index contributed by atoms with van der Waals surface area (Å²) in [7, 11) is 1.76. The van der Waals surface area contributed by atoms with E-state index in [4.69, 9.17) is 11.6 Å². The van der Waals surface area contributed by atoms with Crippen LogP contribution in [0.3, 0.4) is 0 Å². The van der Waals surface area contributed by atoms with Crippen molar-refractivity contribution in [2.45, 2.75) is 19.4 Å². The van der Waals surface area contributed by atoms with Gasteiger partial charge in [-0.05, 0) is 28.4 Å². The first kappa shape index (κ1) is 14.5. The van der Waals surface area contributed by atoms with Crippen LogP contribution < -0.4 is 0 Å². The molecular formula is C13H13BrClFN2O. The van der Waals surface area contributed by atoms with Gasteiger partial charge in [-0.1, -0.05) is 24.6 Å². The third-order valence-electron chi connectivity index (χ3n) is 2.93. The van der Waals surface area contributed by atoms with Gasteiger partial charge in [0.05, 0.1) is 10.7 Å². The Morgan fingerprint density at radius 1 is 1.47 bits per heavy atom. The Morgan fingerprint density at radius 3 is 2.79 bits per heavy atom. The van der Waals surface area contributed by atoms with Gasteiger partial charge >= 0.3 is 0 Å². The molecule has 0 saturated heterocycles. The largest absolute Gasteiger partial charge is 0.383 e. The Bertz CT molecular complexity index is 615. The first-order chi connectivity index (χ1) is 8.95. The van der Waals surface area contributed by atoms with E-state index in [2.05, 4.69) is 21.0 Å². The molecule has 0 aliphatic heterocycles. The van der Waals surface area contributed by atoms with Crippen LogP contribution in [0.5, 0.6) is 0 Å². The Kier molecular flexibility index (Phi) is 4.28. The van der Waals surface area contributed by atoms with Crippen LogP contribution >= 0.6 is 27.5 Å². The van der Waals surface area contributed by atoms with Gasteiger partial charge < -0.3 is 5.11 Å². The molecule has 3 nitrogen and oxygen atoms in total. The molecule has 2 aromatic rings. The minimum atomic E-state index is -1.07. The van der Waals surface area contributed by atoms with Crippen molar-refractivity contribution in [2.75, 3.05) is 0 Å². The predicted molar refractivity (Wildman–Crippen MR) is 75.8 cm³/mol. The summed E-state index contributed by atoms with van der Waals surface area (Å²) in [6, 6.07) is 3.13. The van der Waals surface area contributed by atoms with Gasteiger partial charge in [-0.3, -0.25) is 4.68 Å². The lowest BCUT2D eigenvalue weighted by molar-refractivity contribution is 0.214. The summed E-state index contributed by atoms with van der Waals surface area (Å²) >= 11 is 8.99. The van der Waals surface area contributed by atoms with Crippen molar-refractivity contribution in [2.24, 2.45) is 7.05 Å². The van der Waals surface area contributed by atoms with E-state index in [1.54, 1.807) is 24.0 Å². The molecule has 1 heterocycles. The first-order valence-electron chi connectivity index (χ1n) is 5.79. The van der Waals surface area contributed by atoms with E-state index in [1.165, 1.54) is 6.07 Å². The highest BCUT2D eigenvalue weighted by molar-refractivity contribution is 9.10. The van der Waals surface area contributed by atoms with E-state index in [9.17, 15) is 9.50 Å². The van der Waals surface area contributed by atoms with Crippen molar-refractivity contribution in [1.29, 1.82) is 0 Å². The normalized spacial score (nSPS) is 12.7. The molecule has 0 aliphatic rings. The van der Waals surface area contributed by atoms with E-state index in [0.717, 1.165) is 5.69 Å². The maximum absolute atomic E-state index is 14.1. The van der Waals surface area contributed by atoms with Crippen LogP contribution in [0, 0.1) is 5.82 Å². The highest BCUT2D eigenvalue weighted by atomic mass is 79.9. The average Bonchev–Trinajstić information content (AvgIpc) is 2.77. The number of nitrogens with zero attached hydrogens (tertiary/aromatic N) is 2. The molecule has 0 radical (unpaired) electrons. The van der Waals surface area contributed by atoms with Gasteiger partial charge in [0.15, 0.2) is 0 Å². The molecule has 0 saturated carbocycles. The molecule has 19 heavy (non-hydrogen) atoms. The topological polar surface area (TPSA) is 38.0 Å².